The van der Waals surface area contributed by atoms with Gasteiger partial charge in [-0.3, -0.25) is 0 Å². The Morgan fingerprint density at radius 3 is 2.32 bits per heavy atom. The third kappa shape index (κ3) is 2.63. The van der Waals surface area contributed by atoms with Gasteiger partial charge >= 0.3 is 0 Å². The van der Waals surface area contributed by atoms with Crippen molar-refractivity contribution in [2.24, 2.45) is 0 Å². The third-order valence-electron chi connectivity index (χ3n) is 2.74. The van der Waals surface area contributed by atoms with Gasteiger partial charge in [0.1, 0.15) is 11.6 Å². The molecule has 0 bridgehead atoms. The largest absolute Gasteiger partial charge is 0.383 e. The number of hydrogen-bond donors (Lipinski definition) is 1. The Hall–Kier alpha value is -1.43. The highest BCUT2D eigenvalue weighted by atomic mass is 79.9. The first-order chi connectivity index (χ1) is 8.70. The number of hydrogen-bond acceptors (Lipinski definition) is 4. The van der Waals surface area contributed by atoms with E-state index in [0.717, 1.165) is 15.9 Å². The molecule has 2 aromatic heterocycles. The van der Waals surface area contributed by atoms with Crippen LogP contribution in [0.15, 0.2) is 10.5 Å². The maximum absolute atomic E-state index is 6.13. The molecule has 0 aliphatic carbocycles. The van der Waals surface area contributed by atoms with Crippen molar-refractivity contribution in [2.45, 2.75) is 40.0 Å². The van der Waals surface area contributed by atoms with E-state index in [1.807, 2.05) is 19.9 Å². The first-order valence-corrected chi connectivity index (χ1v) is 6.86. The van der Waals surface area contributed by atoms with E-state index in [-0.39, 0.29) is 5.41 Å². The summed E-state index contributed by atoms with van der Waals surface area (Å²) in [5.74, 6) is 1.96. The fourth-order valence-corrected chi connectivity index (χ4v) is 2.71. The molecule has 5 nitrogen and oxygen atoms in total. The Balaban J connectivity index is 2.64. The monoisotopic (exact) mass is 323 g/mol. The third-order valence-corrected chi connectivity index (χ3v) is 3.52. The Morgan fingerprint density at radius 2 is 1.84 bits per heavy atom. The summed E-state index contributed by atoms with van der Waals surface area (Å²) < 4.78 is 2.49. The maximum atomic E-state index is 6.13. The smallest absolute Gasteiger partial charge is 0.159 e. The first-order valence-electron chi connectivity index (χ1n) is 6.07. The van der Waals surface area contributed by atoms with Gasteiger partial charge in [0.2, 0.25) is 0 Å². The zero-order valence-electron chi connectivity index (χ0n) is 11.8. The summed E-state index contributed by atoms with van der Waals surface area (Å²) in [6, 6.07) is 1.87. The van der Waals surface area contributed by atoms with E-state index in [9.17, 15) is 0 Å². The van der Waals surface area contributed by atoms with Crippen LogP contribution in [-0.4, -0.2) is 19.7 Å². The lowest BCUT2D eigenvalue weighted by molar-refractivity contribution is 0.557. The van der Waals surface area contributed by atoms with E-state index in [1.54, 1.807) is 4.68 Å². The highest BCUT2D eigenvalue weighted by molar-refractivity contribution is 9.10. The van der Waals surface area contributed by atoms with Gasteiger partial charge in [-0.2, -0.15) is 9.78 Å². The number of nitrogens with two attached hydrogens (primary N) is 1. The van der Waals surface area contributed by atoms with Crippen molar-refractivity contribution in [1.29, 1.82) is 0 Å². The van der Waals surface area contributed by atoms with Crippen molar-refractivity contribution in [3.8, 4) is 5.82 Å². The number of aromatic nitrogens is 4. The normalized spacial score (nSPS) is 11.9. The molecule has 0 saturated carbocycles. The van der Waals surface area contributed by atoms with Crippen LogP contribution in [0.25, 0.3) is 5.82 Å². The molecule has 2 heterocycles. The van der Waals surface area contributed by atoms with Crippen molar-refractivity contribution < 1.29 is 0 Å². The van der Waals surface area contributed by atoms with Crippen LogP contribution in [0.2, 0.25) is 0 Å². The summed E-state index contributed by atoms with van der Waals surface area (Å²) in [4.78, 5) is 8.65. The molecule has 0 atom stereocenters. The molecular formula is C13H18BrN5. The number of aryl methyl sites for hydroxylation is 2. The Kier molecular flexibility index (Phi) is 3.38. The van der Waals surface area contributed by atoms with Crippen LogP contribution in [-0.2, 0) is 5.41 Å². The molecule has 2 aromatic rings. The van der Waals surface area contributed by atoms with Gasteiger partial charge in [-0.05, 0) is 29.8 Å². The van der Waals surface area contributed by atoms with E-state index >= 15 is 0 Å². The molecule has 0 unspecified atom stereocenters. The lowest BCUT2D eigenvalue weighted by Crippen LogP contribution is -2.13. The van der Waals surface area contributed by atoms with Gasteiger partial charge in [-0.25, -0.2) is 9.97 Å². The van der Waals surface area contributed by atoms with Crippen LogP contribution in [0.5, 0.6) is 0 Å². The van der Waals surface area contributed by atoms with Crippen molar-refractivity contribution >= 4 is 21.7 Å². The van der Waals surface area contributed by atoms with Crippen LogP contribution in [0.1, 0.15) is 38.0 Å². The lowest BCUT2D eigenvalue weighted by Gasteiger charge is -2.15. The molecule has 6 heteroatoms. The highest BCUT2D eigenvalue weighted by Crippen LogP contribution is 2.33. The zero-order valence-corrected chi connectivity index (χ0v) is 13.4. The summed E-state index contributed by atoms with van der Waals surface area (Å²) in [6.45, 7) is 10.1. The summed E-state index contributed by atoms with van der Waals surface area (Å²) in [7, 11) is 0. The van der Waals surface area contributed by atoms with Crippen LogP contribution >= 0.6 is 15.9 Å². The Labute approximate surface area is 121 Å². The van der Waals surface area contributed by atoms with Crippen molar-refractivity contribution in [2.75, 3.05) is 5.73 Å². The molecule has 0 spiro atoms. The van der Waals surface area contributed by atoms with E-state index in [1.165, 1.54) is 0 Å². The minimum absolute atomic E-state index is 0.0880. The molecule has 0 aliphatic rings. The lowest BCUT2D eigenvalue weighted by atomic mass is 9.92. The second-order valence-electron chi connectivity index (χ2n) is 5.62. The van der Waals surface area contributed by atoms with Gasteiger partial charge in [0.15, 0.2) is 5.82 Å². The number of halogens is 1. The van der Waals surface area contributed by atoms with Crippen LogP contribution in [0, 0.1) is 13.8 Å². The van der Waals surface area contributed by atoms with E-state index in [0.29, 0.717) is 17.5 Å². The second kappa shape index (κ2) is 4.59. The molecule has 2 N–H and O–H groups in total. The van der Waals surface area contributed by atoms with Gasteiger partial charge in [-0.1, -0.05) is 20.8 Å². The SMILES string of the molecule is Cc1cc(-n2nc(C(C)(C)C)c(Br)c2N)nc(C)n1. The molecule has 102 valence electrons. The molecule has 0 radical (unpaired) electrons. The predicted octanol–water partition coefficient (Wildman–Crippen LogP) is 2.92. The minimum Gasteiger partial charge on any atom is -0.383 e. The average Bonchev–Trinajstić information content (AvgIpc) is 2.54. The molecule has 0 aliphatic heterocycles. The second-order valence-corrected chi connectivity index (χ2v) is 6.42. The molecule has 19 heavy (non-hydrogen) atoms. The van der Waals surface area contributed by atoms with Gasteiger partial charge in [0.05, 0.1) is 10.2 Å². The van der Waals surface area contributed by atoms with E-state index in [4.69, 9.17) is 5.73 Å². The summed E-state index contributed by atoms with van der Waals surface area (Å²) in [5, 5.41) is 4.59. The Morgan fingerprint density at radius 1 is 1.21 bits per heavy atom. The van der Waals surface area contributed by atoms with E-state index in [2.05, 4.69) is 51.8 Å². The summed E-state index contributed by atoms with van der Waals surface area (Å²) >= 11 is 3.52. The van der Waals surface area contributed by atoms with Crippen molar-refractivity contribution in [3.63, 3.8) is 0 Å². The van der Waals surface area contributed by atoms with Gasteiger partial charge < -0.3 is 5.73 Å². The highest BCUT2D eigenvalue weighted by Gasteiger charge is 2.25. The van der Waals surface area contributed by atoms with E-state index < -0.39 is 0 Å². The van der Waals surface area contributed by atoms with Gasteiger partial charge in [-0.15, -0.1) is 0 Å². The van der Waals surface area contributed by atoms with Crippen LogP contribution < -0.4 is 5.73 Å². The molecule has 0 aromatic carbocycles. The zero-order chi connectivity index (χ0) is 14.4. The summed E-state index contributed by atoms with van der Waals surface area (Å²) in [6.07, 6.45) is 0. The predicted molar refractivity (Wildman–Crippen MR) is 79.4 cm³/mol. The van der Waals surface area contributed by atoms with Crippen molar-refractivity contribution in [1.82, 2.24) is 19.7 Å². The maximum Gasteiger partial charge on any atom is 0.159 e. The number of anilines is 1. The minimum atomic E-state index is -0.0880. The van der Waals surface area contributed by atoms with Gasteiger partial charge in [0.25, 0.3) is 0 Å². The molecule has 0 amide bonds. The summed E-state index contributed by atoms with van der Waals surface area (Å²) in [5.41, 5.74) is 7.85. The number of nitrogens with zero attached hydrogens (tertiary/aromatic N) is 4. The first kappa shape index (κ1) is 14.0. The van der Waals surface area contributed by atoms with Crippen LogP contribution in [0.3, 0.4) is 0 Å². The van der Waals surface area contributed by atoms with Crippen molar-refractivity contribution in [3.05, 3.63) is 27.8 Å². The number of nitrogen functional groups attached to an aromatic ring is 1. The molecule has 0 saturated heterocycles. The fraction of sp³-hybridized carbons (Fsp3) is 0.462. The Bertz CT molecular complexity index is 604. The molecule has 0 fully saturated rings. The molecular weight excluding hydrogens is 306 g/mol. The standard InChI is InChI=1S/C13H18BrN5/c1-7-6-9(17-8(2)16-7)19-12(15)10(14)11(18-19)13(3,4)5/h6H,15H2,1-5H3. The molecule has 2 rings (SSSR count). The van der Waals surface area contributed by atoms with Gasteiger partial charge in [0, 0.05) is 17.2 Å². The fourth-order valence-electron chi connectivity index (χ4n) is 1.87. The topological polar surface area (TPSA) is 69.6 Å². The quantitative estimate of drug-likeness (QED) is 0.876. The van der Waals surface area contributed by atoms with Crippen LogP contribution in [0.4, 0.5) is 5.82 Å². The number of rotatable bonds is 1. The average molecular weight is 324 g/mol.